The molecule has 1 aromatic rings. The molecule has 0 radical (unpaired) electrons. The van der Waals surface area contributed by atoms with Crippen molar-refractivity contribution in [2.45, 2.75) is 6.42 Å². The predicted octanol–water partition coefficient (Wildman–Crippen LogP) is 2.06. The zero-order valence-electron chi connectivity index (χ0n) is 7.67. The number of carbonyl (C=O) groups is 1. The van der Waals surface area contributed by atoms with E-state index >= 15 is 0 Å². The monoisotopic (exact) mass is 212 g/mol. The van der Waals surface area contributed by atoms with E-state index < -0.39 is 5.97 Å². The van der Waals surface area contributed by atoms with E-state index in [0.29, 0.717) is 23.6 Å². The van der Waals surface area contributed by atoms with Gasteiger partial charge in [-0.15, -0.1) is 0 Å². The Morgan fingerprint density at radius 3 is 3.07 bits per heavy atom. The first kappa shape index (κ1) is 9.34. The maximum atomic E-state index is 11.4. The molecule has 0 atom stereocenters. The quantitative estimate of drug-likeness (QED) is 0.669. The third-order valence-corrected chi connectivity index (χ3v) is 2.53. The number of esters is 1. The maximum Gasteiger partial charge on any atom is 0.339 e. The van der Waals surface area contributed by atoms with E-state index in [2.05, 4.69) is 4.74 Å². The first-order chi connectivity index (χ1) is 6.74. The highest BCUT2D eigenvalue weighted by atomic mass is 35.5. The van der Waals surface area contributed by atoms with Gasteiger partial charge in [-0.3, -0.25) is 0 Å². The van der Waals surface area contributed by atoms with E-state index in [1.54, 1.807) is 12.1 Å². The van der Waals surface area contributed by atoms with Gasteiger partial charge in [0, 0.05) is 12.0 Å². The van der Waals surface area contributed by atoms with Crippen LogP contribution in [0.2, 0.25) is 5.02 Å². The summed E-state index contributed by atoms with van der Waals surface area (Å²) >= 11 is 5.93. The second kappa shape index (κ2) is 3.50. The van der Waals surface area contributed by atoms with Crippen LogP contribution in [-0.2, 0) is 11.2 Å². The second-order valence-corrected chi connectivity index (χ2v) is 3.40. The lowest BCUT2D eigenvalue weighted by atomic mass is 10.1. The van der Waals surface area contributed by atoms with Crippen LogP contribution < -0.4 is 4.74 Å². The number of ether oxygens (including phenoxy) is 2. The van der Waals surface area contributed by atoms with Gasteiger partial charge in [-0.1, -0.05) is 11.6 Å². The first-order valence-electron chi connectivity index (χ1n) is 4.26. The average molecular weight is 213 g/mol. The van der Waals surface area contributed by atoms with Gasteiger partial charge in [0.15, 0.2) is 0 Å². The Morgan fingerprint density at radius 1 is 1.57 bits per heavy atom. The van der Waals surface area contributed by atoms with Gasteiger partial charge in [0.2, 0.25) is 0 Å². The molecule has 0 aromatic heterocycles. The van der Waals surface area contributed by atoms with Crippen LogP contribution in [0.15, 0.2) is 12.1 Å². The smallest absolute Gasteiger partial charge is 0.339 e. The molecule has 0 bridgehead atoms. The van der Waals surface area contributed by atoms with Crippen LogP contribution >= 0.6 is 11.6 Å². The molecule has 0 N–H and O–H groups in total. The molecule has 0 spiro atoms. The van der Waals surface area contributed by atoms with Crippen LogP contribution in [0.1, 0.15) is 15.9 Å². The van der Waals surface area contributed by atoms with Crippen molar-refractivity contribution in [3.05, 3.63) is 28.3 Å². The van der Waals surface area contributed by atoms with Crippen molar-refractivity contribution in [3.8, 4) is 5.75 Å². The largest absolute Gasteiger partial charge is 0.493 e. The molecule has 1 heterocycles. The Hall–Kier alpha value is -1.22. The van der Waals surface area contributed by atoms with E-state index in [4.69, 9.17) is 16.3 Å². The van der Waals surface area contributed by atoms with Gasteiger partial charge < -0.3 is 9.47 Å². The van der Waals surface area contributed by atoms with Gasteiger partial charge >= 0.3 is 5.97 Å². The molecule has 0 aliphatic carbocycles. The second-order valence-electron chi connectivity index (χ2n) is 2.99. The molecule has 0 fully saturated rings. The van der Waals surface area contributed by atoms with Gasteiger partial charge in [0.25, 0.3) is 0 Å². The summed E-state index contributed by atoms with van der Waals surface area (Å²) in [5.41, 5.74) is 1.29. The van der Waals surface area contributed by atoms with Crippen molar-refractivity contribution >= 4 is 17.6 Å². The minimum absolute atomic E-state index is 0.405. The molecular weight excluding hydrogens is 204 g/mol. The van der Waals surface area contributed by atoms with Crippen LogP contribution in [0.5, 0.6) is 5.75 Å². The Kier molecular flexibility index (Phi) is 2.33. The zero-order valence-corrected chi connectivity index (χ0v) is 8.43. The summed E-state index contributed by atoms with van der Waals surface area (Å²) in [4.78, 5) is 11.4. The Labute approximate surface area is 86.6 Å². The van der Waals surface area contributed by atoms with E-state index in [1.807, 2.05) is 0 Å². The third kappa shape index (κ3) is 1.34. The van der Waals surface area contributed by atoms with Gasteiger partial charge in [0.05, 0.1) is 24.3 Å². The van der Waals surface area contributed by atoms with Gasteiger partial charge in [-0.25, -0.2) is 4.79 Å². The molecule has 0 saturated carbocycles. The van der Waals surface area contributed by atoms with Crippen molar-refractivity contribution in [1.29, 1.82) is 0 Å². The molecule has 4 heteroatoms. The Balaban J connectivity index is 2.57. The van der Waals surface area contributed by atoms with Crippen LogP contribution in [0.4, 0.5) is 0 Å². The van der Waals surface area contributed by atoms with Gasteiger partial charge in [-0.05, 0) is 12.1 Å². The lowest BCUT2D eigenvalue weighted by Crippen LogP contribution is -2.05. The Bertz CT molecular complexity index is 387. The number of hydrogen-bond donors (Lipinski definition) is 0. The molecule has 0 unspecified atom stereocenters. The molecule has 2 rings (SSSR count). The summed E-state index contributed by atoms with van der Waals surface area (Å²) < 4.78 is 9.99. The molecule has 3 nitrogen and oxygen atoms in total. The molecule has 0 saturated heterocycles. The summed E-state index contributed by atoms with van der Waals surface area (Å²) in [6.45, 7) is 0.597. The summed E-state index contributed by atoms with van der Waals surface area (Å²) in [5.74, 6) is 0.326. The molecule has 1 aliphatic rings. The fraction of sp³-hybridized carbons (Fsp3) is 0.300. The van der Waals surface area contributed by atoms with Crippen molar-refractivity contribution < 1.29 is 14.3 Å². The number of hydrogen-bond acceptors (Lipinski definition) is 3. The highest BCUT2D eigenvalue weighted by molar-refractivity contribution is 6.33. The number of methoxy groups -OCH3 is 1. The lowest BCUT2D eigenvalue weighted by Gasteiger charge is -2.06. The highest BCUT2D eigenvalue weighted by Crippen LogP contribution is 2.33. The summed E-state index contributed by atoms with van der Waals surface area (Å²) in [6.07, 6.45) is 0.709. The van der Waals surface area contributed by atoms with Crippen molar-refractivity contribution in [1.82, 2.24) is 0 Å². The molecule has 14 heavy (non-hydrogen) atoms. The molecule has 1 aromatic carbocycles. The predicted molar refractivity (Wildman–Crippen MR) is 52.0 cm³/mol. The van der Waals surface area contributed by atoms with Crippen LogP contribution in [0.3, 0.4) is 0 Å². The van der Waals surface area contributed by atoms with E-state index in [0.717, 1.165) is 11.3 Å². The van der Waals surface area contributed by atoms with E-state index in [-0.39, 0.29) is 0 Å². The fourth-order valence-electron chi connectivity index (χ4n) is 1.57. The van der Waals surface area contributed by atoms with Crippen LogP contribution in [0.25, 0.3) is 0 Å². The van der Waals surface area contributed by atoms with E-state index in [1.165, 1.54) is 7.11 Å². The first-order valence-corrected chi connectivity index (χ1v) is 4.64. The number of carbonyl (C=O) groups excluding carboxylic acids is 1. The average Bonchev–Trinajstić information content (AvgIpc) is 2.64. The van der Waals surface area contributed by atoms with Crippen LogP contribution in [0, 0.1) is 0 Å². The lowest BCUT2D eigenvalue weighted by molar-refractivity contribution is 0.0600. The number of fused-ring (bicyclic) bond motifs is 1. The standard InChI is InChI=1S/C10H9ClO3/c1-13-10(12)9-6-4-5-14-8(6)3-2-7(9)11/h2-3H,4-5H2,1H3. The maximum absolute atomic E-state index is 11.4. The van der Waals surface area contributed by atoms with Crippen molar-refractivity contribution in [2.75, 3.05) is 13.7 Å². The van der Waals surface area contributed by atoms with E-state index in [9.17, 15) is 4.79 Å². The summed E-state index contributed by atoms with van der Waals surface area (Å²) in [6, 6.07) is 3.43. The minimum Gasteiger partial charge on any atom is -0.493 e. The molecule has 74 valence electrons. The van der Waals surface area contributed by atoms with Gasteiger partial charge in [-0.2, -0.15) is 0 Å². The SMILES string of the molecule is COC(=O)c1c(Cl)ccc2c1CCO2. The van der Waals surface area contributed by atoms with Crippen LogP contribution in [-0.4, -0.2) is 19.7 Å². The molecule has 0 amide bonds. The van der Waals surface area contributed by atoms with Crippen molar-refractivity contribution in [3.63, 3.8) is 0 Å². The summed E-state index contributed by atoms with van der Waals surface area (Å²) in [7, 11) is 1.34. The summed E-state index contributed by atoms with van der Waals surface area (Å²) in [5, 5.41) is 0.418. The number of benzene rings is 1. The van der Waals surface area contributed by atoms with Crippen molar-refractivity contribution in [2.24, 2.45) is 0 Å². The highest BCUT2D eigenvalue weighted by Gasteiger charge is 2.23. The molecular formula is C10H9ClO3. The number of halogens is 1. The normalized spacial score (nSPS) is 13.3. The third-order valence-electron chi connectivity index (χ3n) is 2.22. The topological polar surface area (TPSA) is 35.5 Å². The van der Waals surface area contributed by atoms with Gasteiger partial charge in [0.1, 0.15) is 5.75 Å². The minimum atomic E-state index is -0.405. The zero-order chi connectivity index (χ0) is 10.1. The Morgan fingerprint density at radius 2 is 2.36 bits per heavy atom. The number of rotatable bonds is 1. The fourth-order valence-corrected chi connectivity index (χ4v) is 1.82. The molecule has 1 aliphatic heterocycles.